The first-order chi connectivity index (χ1) is 9.90. The van der Waals surface area contributed by atoms with Crippen LogP contribution in [0.3, 0.4) is 0 Å². The summed E-state index contributed by atoms with van der Waals surface area (Å²) in [6, 6.07) is 7.17. The highest BCUT2D eigenvalue weighted by Gasteiger charge is 2.21. The molecule has 0 aliphatic heterocycles. The van der Waals surface area contributed by atoms with E-state index in [4.69, 9.17) is 15.9 Å². The van der Waals surface area contributed by atoms with Crippen LogP contribution >= 0.6 is 0 Å². The maximum absolute atomic E-state index is 11.9. The molecular formula is C14H18N2O5. The molecule has 5 N–H and O–H groups in total. The molecule has 0 radical (unpaired) electrons. The summed E-state index contributed by atoms with van der Waals surface area (Å²) in [4.78, 5) is 33.1. The first-order valence-corrected chi connectivity index (χ1v) is 6.44. The van der Waals surface area contributed by atoms with Crippen LogP contribution in [0, 0.1) is 0 Å². The summed E-state index contributed by atoms with van der Waals surface area (Å²) < 4.78 is 0. The van der Waals surface area contributed by atoms with Gasteiger partial charge in [0, 0.05) is 6.42 Å². The van der Waals surface area contributed by atoms with Crippen molar-refractivity contribution in [2.45, 2.75) is 31.3 Å². The Balaban J connectivity index is 2.75. The molecule has 7 heteroatoms. The average molecular weight is 294 g/mol. The molecule has 114 valence electrons. The Labute approximate surface area is 121 Å². The van der Waals surface area contributed by atoms with Crippen molar-refractivity contribution in [3.05, 3.63) is 35.9 Å². The van der Waals surface area contributed by atoms with E-state index in [0.717, 1.165) is 5.56 Å². The van der Waals surface area contributed by atoms with Crippen LogP contribution in [-0.2, 0) is 14.4 Å². The van der Waals surface area contributed by atoms with Crippen molar-refractivity contribution in [3.8, 4) is 0 Å². The summed E-state index contributed by atoms with van der Waals surface area (Å²) in [5.41, 5.74) is 6.24. The van der Waals surface area contributed by atoms with Crippen molar-refractivity contribution in [2.75, 3.05) is 0 Å². The second kappa shape index (κ2) is 8.01. The molecule has 0 saturated heterocycles. The van der Waals surface area contributed by atoms with E-state index >= 15 is 0 Å². The average Bonchev–Trinajstić information content (AvgIpc) is 2.43. The normalized spacial score (nSPS) is 13.2. The number of carbonyl (C=O) groups is 3. The lowest BCUT2D eigenvalue weighted by Crippen LogP contribution is -2.43. The number of carboxylic acids is 2. The molecule has 0 saturated carbocycles. The van der Waals surface area contributed by atoms with E-state index < -0.39 is 36.4 Å². The molecule has 7 nitrogen and oxygen atoms in total. The van der Waals surface area contributed by atoms with Gasteiger partial charge in [0.15, 0.2) is 0 Å². The van der Waals surface area contributed by atoms with E-state index in [1.54, 1.807) is 30.3 Å². The Morgan fingerprint density at radius 1 is 1.10 bits per heavy atom. The zero-order valence-corrected chi connectivity index (χ0v) is 11.4. The van der Waals surface area contributed by atoms with Crippen LogP contribution in [0.5, 0.6) is 0 Å². The predicted octanol–water partition coefficient (Wildman–Crippen LogP) is 0.511. The maximum Gasteiger partial charge on any atom is 0.305 e. The Hall–Kier alpha value is -2.41. The second-order valence-electron chi connectivity index (χ2n) is 4.61. The number of carbonyl (C=O) groups excluding carboxylic acids is 1. The zero-order chi connectivity index (χ0) is 15.8. The molecular weight excluding hydrogens is 276 g/mol. The lowest BCUT2D eigenvalue weighted by molar-refractivity contribution is -0.139. The van der Waals surface area contributed by atoms with E-state index in [1.807, 2.05) is 0 Å². The number of nitrogens with two attached hydrogens (primary N) is 1. The van der Waals surface area contributed by atoms with Crippen LogP contribution < -0.4 is 11.1 Å². The monoisotopic (exact) mass is 294 g/mol. The lowest BCUT2D eigenvalue weighted by Gasteiger charge is -2.20. The number of carboxylic acid groups (broad SMARTS) is 2. The van der Waals surface area contributed by atoms with Crippen LogP contribution in [0.2, 0.25) is 0 Å². The number of amides is 1. The first kappa shape index (κ1) is 16.6. The quantitative estimate of drug-likeness (QED) is 0.552. The number of hydrogen-bond acceptors (Lipinski definition) is 4. The van der Waals surface area contributed by atoms with Gasteiger partial charge < -0.3 is 21.3 Å². The molecule has 2 unspecified atom stereocenters. The van der Waals surface area contributed by atoms with Gasteiger partial charge in [0.1, 0.15) is 0 Å². The van der Waals surface area contributed by atoms with Crippen molar-refractivity contribution < 1.29 is 24.6 Å². The summed E-state index contributed by atoms with van der Waals surface area (Å²) in [6.07, 6.45) is -0.398. The summed E-state index contributed by atoms with van der Waals surface area (Å²) in [5.74, 6) is -2.75. The molecule has 1 amide bonds. The molecule has 2 atom stereocenters. The van der Waals surface area contributed by atoms with Gasteiger partial charge in [0.2, 0.25) is 5.91 Å². The van der Waals surface area contributed by atoms with Crippen molar-refractivity contribution in [1.29, 1.82) is 0 Å². The predicted molar refractivity (Wildman–Crippen MR) is 74.4 cm³/mol. The standard InChI is InChI=1S/C14H18N2O5/c15-10(8-13(19)20)14(21)16-11(6-7-12(17)18)9-4-2-1-3-5-9/h1-5,10-11H,6-8,15H2,(H,16,21)(H,17,18)(H,19,20). The fraction of sp³-hybridized carbons (Fsp3) is 0.357. The van der Waals surface area contributed by atoms with Gasteiger partial charge in [-0.2, -0.15) is 0 Å². The number of nitrogens with one attached hydrogen (secondary N) is 1. The molecule has 0 bridgehead atoms. The van der Waals surface area contributed by atoms with Crippen molar-refractivity contribution >= 4 is 17.8 Å². The highest BCUT2D eigenvalue weighted by atomic mass is 16.4. The number of benzene rings is 1. The molecule has 21 heavy (non-hydrogen) atoms. The summed E-state index contributed by atoms with van der Waals surface area (Å²) in [6.45, 7) is 0. The summed E-state index contributed by atoms with van der Waals surface area (Å²) >= 11 is 0. The minimum atomic E-state index is -1.17. The minimum Gasteiger partial charge on any atom is -0.481 e. The van der Waals surface area contributed by atoms with Crippen LogP contribution in [0.25, 0.3) is 0 Å². The van der Waals surface area contributed by atoms with E-state index in [0.29, 0.717) is 0 Å². The number of rotatable bonds is 8. The zero-order valence-electron chi connectivity index (χ0n) is 11.4. The third kappa shape index (κ3) is 6.05. The van der Waals surface area contributed by atoms with Gasteiger partial charge in [-0.15, -0.1) is 0 Å². The number of hydrogen-bond donors (Lipinski definition) is 4. The van der Waals surface area contributed by atoms with Crippen LogP contribution in [0.4, 0.5) is 0 Å². The fourth-order valence-corrected chi connectivity index (χ4v) is 1.83. The lowest BCUT2D eigenvalue weighted by atomic mass is 10.0. The molecule has 1 aromatic rings. The summed E-state index contributed by atoms with van der Waals surface area (Å²) in [7, 11) is 0. The Morgan fingerprint density at radius 2 is 1.71 bits per heavy atom. The smallest absolute Gasteiger partial charge is 0.305 e. The molecule has 1 rings (SSSR count). The van der Waals surface area contributed by atoms with Crippen LogP contribution in [0.15, 0.2) is 30.3 Å². The molecule has 0 aliphatic rings. The largest absolute Gasteiger partial charge is 0.481 e. The van der Waals surface area contributed by atoms with E-state index in [2.05, 4.69) is 5.32 Å². The number of aliphatic carboxylic acids is 2. The Kier molecular flexibility index (Phi) is 6.35. The van der Waals surface area contributed by atoms with Crippen molar-refractivity contribution in [3.63, 3.8) is 0 Å². The van der Waals surface area contributed by atoms with Crippen molar-refractivity contribution in [1.82, 2.24) is 5.32 Å². The molecule has 0 spiro atoms. The molecule has 0 fully saturated rings. The SMILES string of the molecule is NC(CC(=O)O)C(=O)NC(CCC(=O)O)c1ccccc1. The van der Waals surface area contributed by atoms with Gasteiger partial charge in [0.25, 0.3) is 0 Å². The molecule has 1 aromatic carbocycles. The van der Waals surface area contributed by atoms with Gasteiger partial charge >= 0.3 is 11.9 Å². The van der Waals surface area contributed by atoms with Gasteiger partial charge in [-0.05, 0) is 12.0 Å². The Bertz CT molecular complexity index is 503. The van der Waals surface area contributed by atoms with Crippen LogP contribution in [-0.4, -0.2) is 34.1 Å². The van der Waals surface area contributed by atoms with Gasteiger partial charge in [-0.25, -0.2) is 0 Å². The highest BCUT2D eigenvalue weighted by Crippen LogP contribution is 2.18. The van der Waals surface area contributed by atoms with E-state index in [-0.39, 0.29) is 12.8 Å². The van der Waals surface area contributed by atoms with Gasteiger partial charge in [0.05, 0.1) is 18.5 Å². The molecule has 0 heterocycles. The second-order valence-corrected chi connectivity index (χ2v) is 4.61. The van der Waals surface area contributed by atoms with Gasteiger partial charge in [-0.3, -0.25) is 14.4 Å². The third-order valence-electron chi connectivity index (χ3n) is 2.90. The van der Waals surface area contributed by atoms with Gasteiger partial charge in [-0.1, -0.05) is 30.3 Å². The van der Waals surface area contributed by atoms with E-state index in [9.17, 15) is 14.4 Å². The first-order valence-electron chi connectivity index (χ1n) is 6.44. The Morgan fingerprint density at radius 3 is 2.24 bits per heavy atom. The molecule has 0 aromatic heterocycles. The summed E-state index contributed by atoms with van der Waals surface area (Å²) in [5, 5.41) is 20.0. The minimum absolute atomic E-state index is 0.117. The van der Waals surface area contributed by atoms with Crippen LogP contribution in [0.1, 0.15) is 30.9 Å². The maximum atomic E-state index is 11.9. The third-order valence-corrected chi connectivity index (χ3v) is 2.90. The topological polar surface area (TPSA) is 130 Å². The van der Waals surface area contributed by atoms with Crippen molar-refractivity contribution in [2.24, 2.45) is 5.73 Å². The van der Waals surface area contributed by atoms with E-state index in [1.165, 1.54) is 0 Å². The highest BCUT2D eigenvalue weighted by molar-refractivity contribution is 5.86. The molecule has 0 aliphatic carbocycles. The fourth-order valence-electron chi connectivity index (χ4n) is 1.83.